The molecule has 4 aromatic rings. The Bertz CT molecular complexity index is 1680. The molecule has 3 aromatic heterocycles. The molecule has 7 heterocycles. The lowest BCUT2D eigenvalue weighted by molar-refractivity contribution is 0.0689. The Morgan fingerprint density at radius 2 is 1.68 bits per heavy atom. The lowest BCUT2D eigenvalue weighted by atomic mass is 9.69. The summed E-state index contributed by atoms with van der Waals surface area (Å²) in [5, 5.41) is 14.0. The van der Waals surface area contributed by atoms with Gasteiger partial charge in [0.05, 0.1) is 17.4 Å². The molecule has 1 aromatic carbocycles. The Labute approximate surface area is 237 Å². The number of fused-ring (bicyclic) bond motifs is 3. The summed E-state index contributed by atoms with van der Waals surface area (Å²) in [5.74, 6) is 1.06. The van der Waals surface area contributed by atoms with Crippen molar-refractivity contribution in [3.8, 4) is 0 Å². The van der Waals surface area contributed by atoms with Crippen LogP contribution in [0, 0.1) is 24.7 Å². The lowest BCUT2D eigenvalue weighted by Gasteiger charge is -2.43. The van der Waals surface area contributed by atoms with Gasteiger partial charge < -0.3 is 19.8 Å². The Hall–Kier alpha value is -4.47. The number of aromatic carboxylic acids is 1. The van der Waals surface area contributed by atoms with Crippen LogP contribution in [0.1, 0.15) is 45.1 Å². The van der Waals surface area contributed by atoms with Crippen molar-refractivity contribution in [2.24, 2.45) is 17.8 Å². The van der Waals surface area contributed by atoms with Crippen molar-refractivity contribution < 1.29 is 14.7 Å². The van der Waals surface area contributed by atoms with E-state index in [1.54, 1.807) is 10.6 Å². The average Bonchev–Trinajstić information content (AvgIpc) is 3.77. The number of amides is 1. The molecule has 1 aliphatic carbocycles. The summed E-state index contributed by atoms with van der Waals surface area (Å²) in [6.45, 7) is 5.82. The lowest BCUT2D eigenvalue weighted by Crippen LogP contribution is -2.43. The third kappa shape index (κ3) is 3.73. The number of nitrogens with zero attached hydrogens (tertiary/aromatic N) is 7. The summed E-state index contributed by atoms with van der Waals surface area (Å²) in [6, 6.07) is 18.1. The van der Waals surface area contributed by atoms with Gasteiger partial charge in [0, 0.05) is 44.6 Å². The van der Waals surface area contributed by atoms with E-state index in [9.17, 15) is 14.7 Å². The summed E-state index contributed by atoms with van der Waals surface area (Å²) < 4.78 is 1.78. The van der Waals surface area contributed by atoms with Gasteiger partial charge >= 0.3 is 5.97 Å². The molecular formula is C31H31N7O3. The van der Waals surface area contributed by atoms with Crippen LogP contribution in [0.5, 0.6) is 0 Å². The number of carboxylic acids is 1. The molecule has 1 N–H and O–H groups in total. The van der Waals surface area contributed by atoms with Gasteiger partial charge in [0.1, 0.15) is 5.82 Å². The van der Waals surface area contributed by atoms with Crippen LogP contribution in [-0.2, 0) is 5.54 Å². The van der Waals surface area contributed by atoms with Gasteiger partial charge in [-0.25, -0.2) is 19.3 Å². The summed E-state index contributed by atoms with van der Waals surface area (Å²) in [4.78, 5) is 40.4. The number of pyridine rings is 2. The van der Waals surface area contributed by atoms with Crippen molar-refractivity contribution in [1.29, 1.82) is 0 Å². The van der Waals surface area contributed by atoms with Gasteiger partial charge in [0.25, 0.3) is 5.91 Å². The predicted octanol–water partition coefficient (Wildman–Crippen LogP) is 3.46. The van der Waals surface area contributed by atoms with Gasteiger partial charge in [-0.1, -0.05) is 36.4 Å². The van der Waals surface area contributed by atoms with Gasteiger partial charge in [-0.2, -0.15) is 0 Å². The molecule has 41 heavy (non-hydrogen) atoms. The number of carbonyl (C=O) groups excluding carboxylic acids is 1. The van der Waals surface area contributed by atoms with Crippen LogP contribution in [0.2, 0.25) is 0 Å². The summed E-state index contributed by atoms with van der Waals surface area (Å²) in [7, 11) is 0. The molecular weight excluding hydrogens is 518 g/mol. The van der Waals surface area contributed by atoms with E-state index in [0.29, 0.717) is 42.3 Å². The highest BCUT2D eigenvalue weighted by Gasteiger charge is 2.57. The molecule has 9 rings (SSSR count). The number of rotatable bonds is 5. The van der Waals surface area contributed by atoms with E-state index < -0.39 is 5.97 Å². The predicted molar refractivity (Wildman–Crippen MR) is 152 cm³/mol. The maximum absolute atomic E-state index is 13.6. The van der Waals surface area contributed by atoms with Crippen LogP contribution in [0.3, 0.4) is 0 Å². The zero-order valence-corrected chi connectivity index (χ0v) is 22.8. The van der Waals surface area contributed by atoms with Crippen molar-refractivity contribution in [1.82, 2.24) is 24.5 Å². The number of likely N-dealkylation sites (tertiary alicyclic amines) is 1. The number of hydrogen-bond acceptors (Lipinski definition) is 7. The smallest absolute Gasteiger partial charge is 0.354 e. The molecule has 2 bridgehead atoms. The van der Waals surface area contributed by atoms with E-state index in [4.69, 9.17) is 0 Å². The first-order chi connectivity index (χ1) is 19.9. The standard InChI is InChI=1S/C31H31N7O3/c1-19-10-24(37-13-20-11-31(37,12-20)23-6-3-2-4-7-23)18-38-28(19)33-27(34-38)29(39)36-16-21-14-35(15-22(21)17-36)26-9-5-8-25(32-26)30(40)41/h2-10,18,20-22H,11-17H2,1H3,(H,40,41)/t20?,21-,22+,31?. The maximum atomic E-state index is 13.6. The molecule has 0 radical (unpaired) electrons. The molecule has 0 unspecified atom stereocenters. The average molecular weight is 550 g/mol. The van der Waals surface area contributed by atoms with Crippen LogP contribution >= 0.6 is 0 Å². The van der Waals surface area contributed by atoms with Gasteiger partial charge in [0.15, 0.2) is 11.3 Å². The Balaban J connectivity index is 1.00. The first-order valence-electron chi connectivity index (χ1n) is 14.3. The first-order valence-corrected chi connectivity index (χ1v) is 14.3. The first kappa shape index (κ1) is 24.3. The highest BCUT2D eigenvalue weighted by molar-refractivity contribution is 5.91. The van der Waals surface area contributed by atoms with E-state index in [1.165, 1.54) is 24.5 Å². The summed E-state index contributed by atoms with van der Waals surface area (Å²) in [5.41, 5.74) is 4.30. The van der Waals surface area contributed by atoms with Crippen molar-refractivity contribution in [3.63, 3.8) is 0 Å². The number of carbonyl (C=O) groups is 2. The third-order valence-electron chi connectivity index (χ3n) is 9.68. The van der Waals surface area contributed by atoms with E-state index in [-0.39, 0.29) is 23.0 Å². The monoisotopic (exact) mass is 549 g/mol. The second-order valence-corrected chi connectivity index (χ2v) is 12.2. The van der Waals surface area contributed by atoms with E-state index >= 15 is 0 Å². The molecule has 5 aliphatic rings. The number of aromatic nitrogens is 4. The van der Waals surface area contributed by atoms with Crippen molar-refractivity contribution >= 4 is 29.0 Å². The van der Waals surface area contributed by atoms with Crippen LogP contribution in [-0.4, -0.2) is 74.2 Å². The molecule has 0 spiro atoms. The maximum Gasteiger partial charge on any atom is 0.354 e. The quantitative estimate of drug-likeness (QED) is 0.403. The fraction of sp³-hybridized carbons (Fsp3) is 0.387. The Morgan fingerprint density at radius 3 is 2.41 bits per heavy atom. The summed E-state index contributed by atoms with van der Waals surface area (Å²) in [6.07, 6.45) is 4.38. The van der Waals surface area contributed by atoms with Crippen molar-refractivity contribution in [2.45, 2.75) is 25.3 Å². The fourth-order valence-corrected chi connectivity index (χ4v) is 7.75. The number of benzene rings is 1. The number of aryl methyl sites for hydroxylation is 1. The second-order valence-electron chi connectivity index (χ2n) is 12.2. The van der Waals surface area contributed by atoms with Crippen LogP contribution < -0.4 is 9.80 Å². The van der Waals surface area contributed by atoms with Gasteiger partial charge in [0.2, 0.25) is 5.82 Å². The highest BCUT2D eigenvalue weighted by Crippen LogP contribution is 2.58. The second kappa shape index (κ2) is 8.76. The van der Waals surface area contributed by atoms with Gasteiger partial charge in [-0.15, -0.1) is 5.10 Å². The third-order valence-corrected chi connectivity index (χ3v) is 9.68. The van der Waals surface area contributed by atoms with Gasteiger partial charge in [-0.3, -0.25) is 4.79 Å². The van der Waals surface area contributed by atoms with Crippen LogP contribution in [0.25, 0.3) is 5.65 Å². The molecule has 4 aliphatic heterocycles. The number of carboxylic acid groups (broad SMARTS) is 1. The summed E-state index contributed by atoms with van der Waals surface area (Å²) >= 11 is 0. The van der Waals surface area contributed by atoms with E-state index in [2.05, 4.69) is 61.3 Å². The molecule has 4 saturated heterocycles. The number of hydrogen-bond donors (Lipinski definition) is 1. The van der Waals surface area contributed by atoms with E-state index in [0.717, 1.165) is 30.9 Å². The zero-order valence-electron chi connectivity index (χ0n) is 22.8. The molecule has 1 saturated carbocycles. The minimum atomic E-state index is -1.03. The van der Waals surface area contributed by atoms with Crippen molar-refractivity contribution in [2.75, 3.05) is 42.5 Å². The highest BCUT2D eigenvalue weighted by atomic mass is 16.4. The van der Waals surface area contributed by atoms with E-state index in [1.807, 2.05) is 24.1 Å². The Morgan fingerprint density at radius 1 is 0.927 bits per heavy atom. The fourth-order valence-electron chi connectivity index (χ4n) is 7.75. The normalized spacial score (nSPS) is 26.5. The minimum Gasteiger partial charge on any atom is -0.477 e. The molecule has 2 atom stereocenters. The van der Waals surface area contributed by atoms with Gasteiger partial charge in [-0.05, 0) is 55.0 Å². The molecule has 10 nitrogen and oxygen atoms in total. The molecule has 10 heteroatoms. The Kier molecular flexibility index (Phi) is 5.20. The van der Waals surface area contributed by atoms with Crippen molar-refractivity contribution in [3.05, 3.63) is 83.4 Å². The molecule has 5 fully saturated rings. The zero-order chi connectivity index (χ0) is 27.9. The molecule has 208 valence electrons. The van der Waals surface area contributed by atoms with Crippen LogP contribution in [0.15, 0.2) is 60.8 Å². The SMILES string of the molecule is Cc1cc(N2CC3CC2(c2ccccc2)C3)cn2nc(C(=O)N3C[C@@H]4CN(c5cccc(C(=O)O)n5)C[C@@H]4C3)nc12. The minimum absolute atomic E-state index is 0.0386. The molecule has 1 amide bonds. The van der Waals surface area contributed by atoms with Crippen LogP contribution in [0.4, 0.5) is 11.5 Å². The number of anilines is 2. The topological polar surface area (TPSA) is 107 Å². The largest absolute Gasteiger partial charge is 0.477 e.